The molecule has 0 aliphatic carbocycles. The maximum Gasteiger partial charge on any atom is 0.315 e. The number of Topliss-reactive ketones (excluding diaryl/α,β-unsaturated/α-hetero) is 1. The lowest BCUT2D eigenvalue weighted by Gasteiger charge is -2.09. The van der Waals surface area contributed by atoms with E-state index in [0.29, 0.717) is 0 Å². The number of esters is 1. The fourth-order valence-corrected chi connectivity index (χ4v) is 0.566. The summed E-state index contributed by atoms with van der Waals surface area (Å²) < 4.78 is 4.34. The zero-order valence-corrected chi connectivity index (χ0v) is 6.82. The third kappa shape index (κ3) is 5.82. The number of aliphatic hydroxyl groups excluding tert-OH is 2. The Kier molecular flexibility index (Phi) is 5.23. The second kappa shape index (κ2) is 5.68. The zero-order chi connectivity index (χ0) is 9.56. The fourth-order valence-electron chi connectivity index (χ4n) is 0.566. The lowest BCUT2D eigenvalue weighted by atomic mass is 10.3. The van der Waals surface area contributed by atoms with E-state index >= 15 is 0 Å². The van der Waals surface area contributed by atoms with Crippen molar-refractivity contribution < 1.29 is 24.5 Å². The Balaban J connectivity index is 3.61. The Hall–Kier alpha value is -0.940. The summed E-state index contributed by atoms with van der Waals surface area (Å²) in [6.45, 7) is 0.980. The Labute approximate surface area is 70.0 Å². The molecule has 5 nitrogen and oxygen atoms in total. The number of carbonyl (C=O) groups is 2. The highest BCUT2D eigenvalue weighted by atomic mass is 16.6. The third-order valence-electron chi connectivity index (χ3n) is 1.04. The SMILES string of the molecule is CC(=O)CC(=O)OC(O)CCO. The van der Waals surface area contributed by atoms with Crippen molar-refractivity contribution in [3.05, 3.63) is 0 Å². The Morgan fingerprint density at radius 2 is 2.08 bits per heavy atom. The van der Waals surface area contributed by atoms with Crippen molar-refractivity contribution in [3.63, 3.8) is 0 Å². The van der Waals surface area contributed by atoms with Gasteiger partial charge in [0.15, 0.2) is 0 Å². The van der Waals surface area contributed by atoms with Gasteiger partial charge >= 0.3 is 5.97 Å². The smallest absolute Gasteiger partial charge is 0.315 e. The van der Waals surface area contributed by atoms with Crippen molar-refractivity contribution in [1.82, 2.24) is 0 Å². The van der Waals surface area contributed by atoms with Gasteiger partial charge in [-0.25, -0.2) is 0 Å². The molecule has 0 saturated heterocycles. The number of ketones is 1. The third-order valence-corrected chi connectivity index (χ3v) is 1.04. The standard InChI is InChI=1S/C7H12O5/c1-5(9)4-7(11)12-6(10)2-3-8/h6,8,10H,2-4H2,1H3. The van der Waals surface area contributed by atoms with E-state index in [-0.39, 0.29) is 25.2 Å². The molecule has 0 saturated carbocycles. The summed E-state index contributed by atoms with van der Waals surface area (Å²) in [6, 6.07) is 0. The van der Waals surface area contributed by atoms with Crippen LogP contribution >= 0.6 is 0 Å². The minimum Gasteiger partial charge on any atom is -0.436 e. The van der Waals surface area contributed by atoms with Crippen LogP contribution in [0.4, 0.5) is 0 Å². The van der Waals surface area contributed by atoms with E-state index in [9.17, 15) is 9.59 Å². The summed E-state index contributed by atoms with van der Waals surface area (Å²) in [5, 5.41) is 17.1. The van der Waals surface area contributed by atoms with Crippen molar-refractivity contribution in [3.8, 4) is 0 Å². The van der Waals surface area contributed by atoms with Gasteiger partial charge < -0.3 is 14.9 Å². The van der Waals surface area contributed by atoms with Crippen LogP contribution in [0.5, 0.6) is 0 Å². The van der Waals surface area contributed by atoms with Gasteiger partial charge in [-0.3, -0.25) is 9.59 Å². The van der Waals surface area contributed by atoms with Crippen LogP contribution in [0.15, 0.2) is 0 Å². The molecule has 0 aromatic rings. The fraction of sp³-hybridized carbons (Fsp3) is 0.714. The molecule has 0 aromatic heterocycles. The van der Waals surface area contributed by atoms with Crippen LogP contribution in [0.1, 0.15) is 19.8 Å². The molecule has 0 amide bonds. The number of hydrogen-bond donors (Lipinski definition) is 2. The molecule has 0 aliphatic heterocycles. The van der Waals surface area contributed by atoms with Crippen molar-refractivity contribution in [2.45, 2.75) is 26.1 Å². The molecular weight excluding hydrogens is 164 g/mol. The highest BCUT2D eigenvalue weighted by Gasteiger charge is 2.11. The van der Waals surface area contributed by atoms with E-state index in [1.165, 1.54) is 6.92 Å². The van der Waals surface area contributed by atoms with Gasteiger partial charge in [-0.05, 0) is 6.92 Å². The molecule has 2 N–H and O–H groups in total. The van der Waals surface area contributed by atoms with Gasteiger partial charge in [0.25, 0.3) is 0 Å². The second-order valence-electron chi connectivity index (χ2n) is 2.34. The number of aliphatic hydroxyl groups is 2. The van der Waals surface area contributed by atoms with Gasteiger partial charge in [-0.15, -0.1) is 0 Å². The quantitative estimate of drug-likeness (QED) is 0.326. The molecule has 0 radical (unpaired) electrons. The molecule has 5 heteroatoms. The van der Waals surface area contributed by atoms with E-state index in [4.69, 9.17) is 10.2 Å². The predicted molar refractivity (Wildman–Crippen MR) is 39.1 cm³/mol. The maximum atomic E-state index is 10.7. The van der Waals surface area contributed by atoms with Gasteiger partial charge in [0.2, 0.25) is 6.29 Å². The molecule has 0 heterocycles. The van der Waals surface area contributed by atoms with Crippen molar-refractivity contribution in [2.24, 2.45) is 0 Å². The van der Waals surface area contributed by atoms with Gasteiger partial charge in [0.1, 0.15) is 12.2 Å². The minimum atomic E-state index is -1.32. The summed E-state index contributed by atoms with van der Waals surface area (Å²) in [4.78, 5) is 21.0. The van der Waals surface area contributed by atoms with Crippen molar-refractivity contribution >= 4 is 11.8 Å². The minimum absolute atomic E-state index is 0.0381. The molecule has 1 unspecified atom stereocenters. The Morgan fingerprint density at radius 1 is 1.50 bits per heavy atom. The average Bonchev–Trinajstić information content (AvgIpc) is 1.84. The van der Waals surface area contributed by atoms with E-state index < -0.39 is 12.3 Å². The number of rotatable bonds is 5. The lowest BCUT2D eigenvalue weighted by Crippen LogP contribution is -2.20. The Bertz CT molecular complexity index is 165. The van der Waals surface area contributed by atoms with Gasteiger partial charge in [-0.2, -0.15) is 0 Å². The molecule has 12 heavy (non-hydrogen) atoms. The van der Waals surface area contributed by atoms with Crippen molar-refractivity contribution in [1.29, 1.82) is 0 Å². The first kappa shape index (κ1) is 11.1. The maximum absolute atomic E-state index is 10.7. The van der Waals surface area contributed by atoms with Gasteiger partial charge in [0, 0.05) is 13.0 Å². The van der Waals surface area contributed by atoms with Crippen LogP contribution in [-0.4, -0.2) is 34.9 Å². The number of ether oxygens (including phenoxy) is 1. The molecule has 0 spiro atoms. The molecule has 0 aliphatic rings. The summed E-state index contributed by atoms with van der Waals surface area (Å²) in [6.07, 6.45) is -1.70. The largest absolute Gasteiger partial charge is 0.436 e. The summed E-state index contributed by atoms with van der Waals surface area (Å²) in [5.74, 6) is -1.10. The first-order valence-electron chi connectivity index (χ1n) is 3.54. The summed E-state index contributed by atoms with van der Waals surface area (Å²) in [7, 11) is 0. The van der Waals surface area contributed by atoms with Crippen LogP contribution in [0.3, 0.4) is 0 Å². The second-order valence-corrected chi connectivity index (χ2v) is 2.34. The number of carbonyl (C=O) groups excluding carboxylic acids is 2. The highest BCUT2D eigenvalue weighted by Crippen LogP contribution is 1.96. The Morgan fingerprint density at radius 3 is 2.50 bits per heavy atom. The number of hydrogen-bond acceptors (Lipinski definition) is 5. The molecule has 0 aromatic carbocycles. The normalized spacial score (nSPS) is 12.2. The van der Waals surface area contributed by atoms with Crippen LogP contribution in [0.2, 0.25) is 0 Å². The van der Waals surface area contributed by atoms with E-state index in [0.717, 1.165) is 0 Å². The molecule has 1 atom stereocenters. The van der Waals surface area contributed by atoms with Crippen LogP contribution in [0, 0.1) is 0 Å². The van der Waals surface area contributed by atoms with E-state index in [1.807, 2.05) is 0 Å². The summed E-state index contributed by atoms with van der Waals surface area (Å²) in [5.41, 5.74) is 0. The van der Waals surface area contributed by atoms with Gasteiger partial charge in [-0.1, -0.05) is 0 Å². The topological polar surface area (TPSA) is 83.8 Å². The summed E-state index contributed by atoms with van der Waals surface area (Å²) >= 11 is 0. The molecule has 70 valence electrons. The van der Waals surface area contributed by atoms with Crippen LogP contribution < -0.4 is 0 Å². The molecule has 0 bridgehead atoms. The van der Waals surface area contributed by atoms with E-state index in [2.05, 4.69) is 4.74 Å². The predicted octanol–water partition coefficient (Wildman–Crippen LogP) is -0.791. The first-order chi connectivity index (χ1) is 5.56. The lowest BCUT2D eigenvalue weighted by molar-refractivity contribution is -0.170. The van der Waals surface area contributed by atoms with Crippen LogP contribution in [0.25, 0.3) is 0 Å². The monoisotopic (exact) mass is 176 g/mol. The molecule has 0 fully saturated rings. The highest BCUT2D eigenvalue weighted by molar-refractivity contribution is 5.94. The zero-order valence-electron chi connectivity index (χ0n) is 6.82. The molecular formula is C7H12O5. The van der Waals surface area contributed by atoms with Crippen LogP contribution in [-0.2, 0) is 14.3 Å². The van der Waals surface area contributed by atoms with Gasteiger partial charge in [0.05, 0.1) is 0 Å². The van der Waals surface area contributed by atoms with Crippen molar-refractivity contribution in [2.75, 3.05) is 6.61 Å². The molecule has 0 rings (SSSR count). The van der Waals surface area contributed by atoms with E-state index in [1.54, 1.807) is 0 Å². The first-order valence-corrected chi connectivity index (χ1v) is 3.54. The average molecular weight is 176 g/mol.